The van der Waals surface area contributed by atoms with E-state index < -0.39 is 13.2 Å². The molecule has 4 rings (SSSR count). The average molecular weight is 484 g/mol. The van der Waals surface area contributed by atoms with Crippen molar-refractivity contribution in [1.82, 2.24) is 10.3 Å². The molecule has 0 bridgehead atoms. The number of carbonyl (C=O) groups excluding carboxylic acids is 2. The molecule has 0 spiro atoms. The standard InChI is InChI=1S/C29H27N2O3P/c32-28(31-20-21-34-29(33)24-11-10-19-30-23-24)18-22-35(25-12-4-1-5-13-25,26-14-6-2-7-15-26)27-16-8-3-9-17-27/h1-17,19,23H,18,20-22H2/p+1. The number of esters is 1. The number of pyridine rings is 1. The van der Waals surface area contributed by atoms with Gasteiger partial charge in [0, 0.05) is 12.4 Å². The summed E-state index contributed by atoms with van der Waals surface area (Å²) >= 11 is 0. The van der Waals surface area contributed by atoms with Crippen molar-refractivity contribution in [1.29, 1.82) is 0 Å². The number of ether oxygens (including phenoxy) is 1. The largest absolute Gasteiger partial charge is 0.460 e. The Kier molecular flexibility index (Phi) is 8.37. The summed E-state index contributed by atoms with van der Waals surface area (Å²) in [6.07, 6.45) is 4.12. The molecular weight excluding hydrogens is 455 g/mol. The molecule has 1 amide bonds. The topological polar surface area (TPSA) is 68.3 Å². The van der Waals surface area contributed by atoms with Gasteiger partial charge in [-0.15, -0.1) is 0 Å². The van der Waals surface area contributed by atoms with E-state index in [9.17, 15) is 9.59 Å². The van der Waals surface area contributed by atoms with Gasteiger partial charge in [0.25, 0.3) is 0 Å². The highest BCUT2D eigenvalue weighted by Crippen LogP contribution is 2.55. The predicted molar refractivity (Wildman–Crippen MR) is 142 cm³/mol. The van der Waals surface area contributed by atoms with E-state index in [4.69, 9.17) is 4.74 Å². The Morgan fingerprint density at radius 3 is 1.77 bits per heavy atom. The van der Waals surface area contributed by atoms with Gasteiger partial charge < -0.3 is 10.1 Å². The number of hydrogen-bond donors (Lipinski definition) is 1. The van der Waals surface area contributed by atoms with Crippen LogP contribution in [-0.4, -0.2) is 36.2 Å². The zero-order chi connectivity index (χ0) is 24.3. The van der Waals surface area contributed by atoms with Gasteiger partial charge in [0.2, 0.25) is 5.91 Å². The number of nitrogens with zero attached hydrogens (tertiary/aromatic N) is 1. The zero-order valence-electron chi connectivity index (χ0n) is 19.4. The minimum absolute atomic E-state index is 0.0606. The molecule has 1 heterocycles. The molecular formula is C29H28N2O3P+. The van der Waals surface area contributed by atoms with Crippen molar-refractivity contribution in [3.8, 4) is 0 Å². The first-order chi connectivity index (χ1) is 17.2. The van der Waals surface area contributed by atoms with E-state index in [0.29, 0.717) is 18.1 Å². The second-order valence-corrected chi connectivity index (χ2v) is 11.6. The summed E-state index contributed by atoms with van der Waals surface area (Å²) in [7, 11) is -2.06. The maximum absolute atomic E-state index is 12.9. The fourth-order valence-electron chi connectivity index (χ4n) is 4.14. The summed E-state index contributed by atoms with van der Waals surface area (Å²) in [5.74, 6) is -0.510. The van der Waals surface area contributed by atoms with Gasteiger partial charge in [-0.2, -0.15) is 0 Å². The normalized spacial score (nSPS) is 11.0. The molecule has 6 heteroatoms. The number of hydrogen-bond acceptors (Lipinski definition) is 4. The third kappa shape index (κ3) is 6.00. The van der Waals surface area contributed by atoms with Gasteiger partial charge in [-0.3, -0.25) is 9.78 Å². The van der Waals surface area contributed by atoms with Gasteiger partial charge in [-0.05, 0) is 48.5 Å². The summed E-state index contributed by atoms with van der Waals surface area (Å²) in [6.45, 7) is 0.369. The zero-order valence-corrected chi connectivity index (χ0v) is 20.3. The maximum Gasteiger partial charge on any atom is 0.339 e. The van der Waals surface area contributed by atoms with Crippen LogP contribution in [-0.2, 0) is 9.53 Å². The first-order valence-corrected chi connectivity index (χ1v) is 13.6. The van der Waals surface area contributed by atoms with Crippen molar-refractivity contribution in [2.75, 3.05) is 19.3 Å². The summed E-state index contributed by atoms with van der Waals surface area (Å²) in [6, 6.07) is 34.8. The van der Waals surface area contributed by atoms with Crippen LogP contribution in [0.3, 0.4) is 0 Å². The molecule has 176 valence electrons. The lowest BCUT2D eigenvalue weighted by Crippen LogP contribution is -2.36. The Balaban J connectivity index is 1.47. The minimum atomic E-state index is -2.06. The predicted octanol–water partition coefficient (Wildman–Crippen LogP) is 3.74. The molecule has 0 aliphatic rings. The van der Waals surface area contributed by atoms with Crippen LogP contribution < -0.4 is 21.2 Å². The molecule has 0 saturated carbocycles. The summed E-state index contributed by atoms with van der Waals surface area (Å²) in [4.78, 5) is 28.8. The fraction of sp³-hybridized carbons (Fsp3) is 0.138. The van der Waals surface area contributed by atoms with Crippen LogP contribution in [0.1, 0.15) is 16.8 Å². The van der Waals surface area contributed by atoms with Gasteiger partial charge in [-0.25, -0.2) is 4.79 Å². The van der Waals surface area contributed by atoms with Crippen LogP contribution in [0, 0.1) is 0 Å². The van der Waals surface area contributed by atoms with E-state index in [2.05, 4.69) is 83.1 Å². The highest BCUT2D eigenvalue weighted by molar-refractivity contribution is 7.95. The molecule has 0 saturated heterocycles. The van der Waals surface area contributed by atoms with Crippen LogP contribution in [0.4, 0.5) is 0 Å². The molecule has 0 aliphatic carbocycles. The van der Waals surface area contributed by atoms with Crippen LogP contribution >= 0.6 is 7.26 Å². The number of aromatic nitrogens is 1. The molecule has 0 aliphatic heterocycles. The second-order valence-electron chi connectivity index (χ2n) is 8.02. The molecule has 0 fully saturated rings. The van der Waals surface area contributed by atoms with E-state index in [0.717, 1.165) is 0 Å². The third-order valence-electron chi connectivity index (χ3n) is 5.82. The monoisotopic (exact) mass is 483 g/mol. The SMILES string of the molecule is O=C(CC[P+](c1ccccc1)(c1ccccc1)c1ccccc1)NCCOC(=O)c1cccnc1. The Bertz CT molecular complexity index is 1120. The average Bonchev–Trinajstić information content (AvgIpc) is 2.93. The number of rotatable bonds is 10. The number of amides is 1. The van der Waals surface area contributed by atoms with Gasteiger partial charge >= 0.3 is 5.97 Å². The molecule has 1 aromatic heterocycles. The van der Waals surface area contributed by atoms with Crippen molar-refractivity contribution in [3.05, 3.63) is 121 Å². The molecule has 3 aromatic carbocycles. The van der Waals surface area contributed by atoms with Crippen molar-refractivity contribution in [2.24, 2.45) is 0 Å². The Morgan fingerprint density at radius 1 is 0.743 bits per heavy atom. The van der Waals surface area contributed by atoms with Crippen LogP contribution in [0.5, 0.6) is 0 Å². The van der Waals surface area contributed by atoms with Crippen LogP contribution in [0.25, 0.3) is 0 Å². The lowest BCUT2D eigenvalue weighted by molar-refractivity contribution is -0.120. The molecule has 0 atom stereocenters. The number of carbonyl (C=O) groups is 2. The molecule has 1 N–H and O–H groups in total. The lowest BCUT2D eigenvalue weighted by atomic mass is 10.3. The van der Waals surface area contributed by atoms with E-state index in [1.807, 2.05) is 18.2 Å². The summed E-state index contributed by atoms with van der Waals surface area (Å²) in [5.41, 5.74) is 0.391. The molecule has 35 heavy (non-hydrogen) atoms. The molecule has 4 aromatic rings. The fourth-order valence-corrected chi connectivity index (χ4v) is 8.39. The van der Waals surface area contributed by atoms with E-state index >= 15 is 0 Å². The van der Waals surface area contributed by atoms with Crippen molar-refractivity contribution in [3.63, 3.8) is 0 Å². The summed E-state index contributed by atoms with van der Waals surface area (Å²) in [5, 5.41) is 6.64. The lowest BCUT2D eigenvalue weighted by Gasteiger charge is -2.27. The molecule has 5 nitrogen and oxygen atoms in total. The quantitative estimate of drug-likeness (QED) is 0.212. The number of nitrogens with one attached hydrogen (secondary N) is 1. The Morgan fingerprint density at radius 2 is 1.29 bits per heavy atom. The smallest absolute Gasteiger partial charge is 0.339 e. The number of benzene rings is 3. The van der Waals surface area contributed by atoms with E-state index in [-0.39, 0.29) is 19.1 Å². The van der Waals surface area contributed by atoms with Crippen molar-refractivity contribution in [2.45, 2.75) is 6.42 Å². The first kappa shape index (κ1) is 24.3. The van der Waals surface area contributed by atoms with Crippen molar-refractivity contribution < 1.29 is 14.3 Å². The summed E-state index contributed by atoms with van der Waals surface area (Å²) < 4.78 is 5.25. The first-order valence-electron chi connectivity index (χ1n) is 11.6. The van der Waals surface area contributed by atoms with Crippen LogP contribution in [0.2, 0.25) is 0 Å². The second kappa shape index (κ2) is 12.0. The molecule has 0 radical (unpaired) electrons. The van der Waals surface area contributed by atoms with E-state index in [1.165, 1.54) is 22.1 Å². The van der Waals surface area contributed by atoms with E-state index in [1.54, 1.807) is 18.3 Å². The minimum Gasteiger partial charge on any atom is -0.460 e. The maximum atomic E-state index is 12.9. The Hall–Kier alpha value is -3.82. The van der Waals surface area contributed by atoms with Crippen molar-refractivity contribution >= 4 is 35.1 Å². The third-order valence-corrected chi connectivity index (χ3v) is 10.3. The van der Waals surface area contributed by atoms with Gasteiger partial charge in [-0.1, -0.05) is 54.6 Å². The Labute approximate surface area is 206 Å². The molecule has 0 unspecified atom stereocenters. The highest BCUT2D eigenvalue weighted by Gasteiger charge is 2.45. The highest BCUT2D eigenvalue weighted by atomic mass is 31.2. The van der Waals surface area contributed by atoms with Gasteiger partial charge in [0.1, 0.15) is 29.8 Å². The van der Waals surface area contributed by atoms with Crippen LogP contribution in [0.15, 0.2) is 116 Å². The van der Waals surface area contributed by atoms with Gasteiger partial charge in [0.05, 0.1) is 24.7 Å². The van der Waals surface area contributed by atoms with Gasteiger partial charge in [0.15, 0.2) is 0 Å².